The van der Waals surface area contributed by atoms with Crippen LogP contribution in [-0.2, 0) is 0 Å². The highest BCUT2D eigenvalue weighted by Gasteiger charge is 2.20. The number of Topliss-reactive ketones (excluding diaryl/α,β-unsaturated/α-hetero) is 1. The fraction of sp³-hybridized carbons (Fsp3) is 0.667. The summed E-state index contributed by atoms with van der Waals surface area (Å²) in [5.74, 6) is 1.49. The van der Waals surface area contributed by atoms with Crippen LogP contribution in [0.4, 0.5) is 5.69 Å². The Bertz CT molecular complexity index is 556. The Kier molecular flexibility index (Phi) is 6.60. The molecule has 1 aromatic rings. The van der Waals surface area contributed by atoms with Gasteiger partial charge in [0.15, 0.2) is 5.78 Å². The van der Waals surface area contributed by atoms with E-state index in [1.165, 1.54) is 37.8 Å². The van der Waals surface area contributed by atoms with E-state index in [4.69, 9.17) is 0 Å². The van der Waals surface area contributed by atoms with E-state index < -0.39 is 0 Å². The highest BCUT2D eigenvalue weighted by molar-refractivity contribution is 5.96. The summed E-state index contributed by atoms with van der Waals surface area (Å²) in [4.78, 5) is 25.2. The van der Waals surface area contributed by atoms with Gasteiger partial charge in [-0.1, -0.05) is 37.3 Å². The van der Waals surface area contributed by atoms with Crippen LogP contribution in [0.25, 0.3) is 0 Å². The molecule has 1 saturated carbocycles. The molecule has 0 aromatic heterocycles. The van der Waals surface area contributed by atoms with Crippen LogP contribution >= 0.6 is 0 Å². The Hall–Kier alpha value is -1.71. The molecule has 1 aliphatic carbocycles. The van der Waals surface area contributed by atoms with Gasteiger partial charge < -0.3 is 4.90 Å². The molecule has 25 heavy (non-hydrogen) atoms. The number of nitroso groups, excluding NO2 is 1. The molecule has 0 bridgehead atoms. The maximum atomic E-state index is 12.4. The molecule has 0 atom stereocenters. The minimum atomic E-state index is 0.285. The zero-order valence-electron chi connectivity index (χ0n) is 15.2. The van der Waals surface area contributed by atoms with E-state index in [1.54, 1.807) is 0 Å². The largest absolute Gasteiger partial charge is 0.372 e. The van der Waals surface area contributed by atoms with E-state index in [-0.39, 0.29) is 5.78 Å². The summed E-state index contributed by atoms with van der Waals surface area (Å²) >= 11 is 0. The molecule has 1 aliphatic heterocycles. The minimum absolute atomic E-state index is 0.285. The van der Waals surface area contributed by atoms with Crippen molar-refractivity contribution in [3.05, 3.63) is 34.7 Å². The lowest BCUT2D eigenvalue weighted by atomic mass is 9.85. The van der Waals surface area contributed by atoms with Crippen molar-refractivity contribution in [2.45, 2.75) is 57.8 Å². The molecule has 4 nitrogen and oxygen atoms in total. The van der Waals surface area contributed by atoms with Crippen molar-refractivity contribution in [3.63, 3.8) is 0 Å². The van der Waals surface area contributed by atoms with Gasteiger partial charge in [0.05, 0.1) is 6.54 Å². The quantitative estimate of drug-likeness (QED) is 0.504. The monoisotopic (exact) mass is 342 g/mol. The number of hydrogen-bond acceptors (Lipinski definition) is 4. The zero-order valence-corrected chi connectivity index (χ0v) is 15.2. The molecular formula is C21H30N2O2. The second-order valence-corrected chi connectivity index (χ2v) is 7.75. The SMILES string of the molecule is O=NCC1CCN(c2ccc(C(=O)CCC3CCCCC3)cc2)CC1. The number of benzene rings is 1. The van der Waals surface area contributed by atoms with Gasteiger partial charge in [0.25, 0.3) is 0 Å². The van der Waals surface area contributed by atoms with Crippen LogP contribution in [0, 0.1) is 16.7 Å². The Morgan fingerprint density at radius 1 is 0.960 bits per heavy atom. The van der Waals surface area contributed by atoms with Crippen LogP contribution in [0.5, 0.6) is 0 Å². The van der Waals surface area contributed by atoms with Gasteiger partial charge in [0.2, 0.25) is 0 Å². The number of nitrogens with zero attached hydrogens (tertiary/aromatic N) is 2. The maximum absolute atomic E-state index is 12.4. The fourth-order valence-corrected chi connectivity index (χ4v) is 4.29. The summed E-state index contributed by atoms with van der Waals surface area (Å²) in [5, 5.41) is 3.03. The summed E-state index contributed by atoms with van der Waals surface area (Å²) in [6.07, 6.45) is 10.5. The molecule has 4 heteroatoms. The van der Waals surface area contributed by atoms with Gasteiger partial charge in [-0.3, -0.25) is 4.79 Å². The Balaban J connectivity index is 1.48. The second kappa shape index (κ2) is 9.12. The minimum Gasteiger partial charge on any atom is -0.372 e. The summed E-state index contributed by atoms with van der Waals surface area (Å²) in [5.41, 5.74) is 2.03. The first-order valence-corrected chi connectivity index (χ1v) is 9.93. The number of rotatable bonds is 7. The molecule has 0 spiro atoms. The highest BCUT2D eigenvalue weighted by atomic mass is 16.3. The third-order valence-electron chi connectivity index (χ3n) is 6.01. The van der Waals surface area contributed by atoms with E-state index in [1.807, 2.05) is 12.1 Å². The molecule has 2 fully saturated rings. The predicted molar refractivity (Wildman–Crippen MR) is 102 cm³/mol. The van der Waals surface area contributed by atoms with Crippen LogP contribution in [0.15, 0.2) is 29.4 Å². The average molecular weight is 342 g/mol. The lowest BCUT2D eigenvalue weighted by Crippen LogP contribution is -2.34. The van der Waals surface area contributed by atoms with Crippen molar-refractivity contribution >= 4 is 11.5 Å². The predicted octanol–water partition coefficient (Wildman–Crippen LogP) is 5.21. The molecule has 136 valence electrons. The van der Waals surface area contributed by atoms with Crippen molar-refractivity contribution in [1.29, 1.82) is 0 Å². The van der Waals surface area contributed by atoms with Gasteiger partial charge in [-0.15, -0.1) is 0 Å². The molecule has 1 aromatic carbocycles. The highest BCUT2D eigenvalue weighted by Crippen LogP contribution is 2.28. The Morgan fingerprint density at radius 3 is 2.28 bits per heavy atom. The van der Waals surface area contributed by atoms with Crippen molar-refractivity contribution in [2.75, 3.05) is 24.5 Å². The second-order valence-electron chi connectivity index (χ2n) is 7.75. The molecule has 1 heterocycles. The van der Waals surface area contributed by atoms with Crippen LogP contribution in [0.2, 0.25) is 0 Å². The van der Waals surface area contributed by atoms with Crippen molar-refractivity contribution in [1.82, 2.24) is 0 Å². The molecular weight excluding hydrogens is 312 g/mol. The van der Waals surface area contributed by atoms with E-state index in [2.05, 4.69) is 22.2 Å². The summed E-state index contributed by atoms with van der Waals surface area (Å²) in [6, 6.07) is 8.12. The smallest absolute Gasteiger partial charge is 0.162 e. The zero-order chi connectivity index (χ0) is 17.5. The summed E-state index contributed by atoms with van der Waals surface area (Å²) < 4.78 is 0. The molecule has 0 radical (unpaired) electrons. The van der Waals surface area contributed by atoms with Crippen molar-refractivity contribution in [3.8, 4) is 0 Å². The van der Waals surface area contributed by atoms with Gasteiger partial charge >= 0.3 is 0 Å². The molecule has 3 rings (SSSR count). The first-order chi connectivity index (χ1) is 12.3. The number of anilines is 1. The number of piperidine rings is 1. The standard InChI is InChI=1S/C21H30N2O2/c24-21(11-6-17-4-2-1-3-5-17)19-7-9-20(10-8-19)23-14-12-18(13-15-23)16-22-25/h7-10,17-18H,1-6,11-16H2. The average Bonchev–Trinajstić information content (AvgIpc) is 2.68. The van der Waals surface area contributed by atoms with Crippen LogP contribution in [0.1, 0.15) is 68.1 Å². The van der Waals surface area contributed by atoms with Crippen molar-refractivity contribution < 1.29 is 4.79 Å². The molecule has 2 aliphatic rings. The Morgan fingerprint density at radius 2 is 1.64 bits per heavy atom. The van der Waals surface area contributed by atoms with E-state index in [0.717, 1.165) is 43.8 Å². The number of ketones is 1. The number of carbonyl (C=O) groups excluding carboxylic acids is 1. The molecule has 0 amide bonds. The van der Waals surface area contributed by atoms with Crippen LogP contribution in [0.3, 0.4) is 0 Å². The van der Waals surface area contributed by atoms with Gasteiger partial charge in [-0.2, -0.15) is 4.91 Å². The van der Waals surface area contributed by atoms with Crippen molar-refractivity contribution in [2.24, 2.45) is 17.0 Å². The number of hydrogen-bond donors (Lipinski definition) is 0. The van der Waals surface area contributed by atoms with E-state index >= 15 is 0 Å². The van der Waals surface area contributed by atoms with Gasteiger partial charge in [0, 0.05) is 30.8 Å². The molecule has 1 saturated heterocycles. The van der Waals surface area contributed by atoms with Gasteiger partial charge in [-0.05, 0) is 55.4 Å². The normalized spacial score (nSPS) is 19.8. The lowest BCUT2D eigenvalue weighted by molar-refractivity contribution is 0.0970. The Labute approximate surface area is 151 Å². The first-order valence-electron chi connectivity index (χ1n) is 9.93. The molecule has 0 unspecified atom stereocenters. The first kappa shape index (κ1) is 18.1. The van der Waals surface area contributed by atoms with Gasteiger partial charge in [0.1, 0.15) is 0 Å². The van der Waals surface area contributed by atoms with E-state index in [0.29, 0.717) is 18.9 Å². The number of carbonyl (C=O) groups is 1. The lowest BCUT2D eigenvalue weighted by Gasteiger charge is -2.32. The summed E-state index contributed by atoms with van der Waals surface area (Å²) in [7, 11) is 0. The fourth-order valence-electron chi connectivity index (χ4n) is 4.29. The van der Waals surface area contributed by atoms with E-state index in [9.17, 15) is 9.70 Å². The maximum Gasteiger partial charge on any atom is 0.162 e. The topological polar surface area (TPSA) is 49.7 Å². The van der Waals surface area contributed by atoms with Crippen LogP contribution in [-0.4, -0.2) is 25.4 Å². The summed E-state index contributed by atoms with van der Waals surface area (Å²) in [6.45, 7) is 2.38. The van der Waals surface area contributed by atoms with Crippen LogP contribution < -0.4 is 4.90 Å². The third kappa shape index (κ3) is 5.13. The van der Waals surface area contributed by atoms with Gasteiger partial charge in [-0.25, -0.2) is 0 Å². The molecule has 0 N–H and O–H groups in total. The third-order valence-corrected chi connectivity index (χ3v) is 6.01.